The van der Waals surface area contributed by atoms with E-state index in [4.69, 9.17) is 0 Å². The van der Waals surface area contributed by atoms with E-state index in [9.17, 15) is 0 Å². The lowest BCUT2D eigenvalue weighted by molar-refractivity contribution is 0.706. The molecule has 0 aromatic rings. The van der Waals surface area contributed by atoms with Gasteiger partial charge in [0.15, 0.2) is 0 Å². The van der Waals surface area contributed by atoms with Crippen molar-refractivity contribution < 1.29 is 0 Å². The lowest BCUT2D eigenvalue weighted by Crippen LogP contribution is -1.99. The van der Waals surface area contributed by atoms with Crippen LogP contribution in [0.25, 0.3) is 0 Å². The van der Waals surface area contributed by atoms with Crippen molar-refractivity contribution in [2.24, 2.45) is 0 Å². The molecule has 1 aliphatic carbocycles. The van der Waals surface area contributed by atoms with E-state index in [1.807, 2.05) is 0 Å². The van der Waals surface area contributed by atoms with Crippen LogP contribution < -0.4 is 0 Å². The van der Waals surface area contributed by atoms with Crippen molar-refractivity contribution in [2.75, 3.05) is 0 Å². The zero-order chi connectivity index (χ0) is 8.97. The first kappa shape index (κ1) is 10.1. The average Bonchev–Trinajstić information content (AvgIpc) is 2.05. The largest absolute Gasteiger partial charge is 0.288 e. The summed E-state index contributed by atoms with van der Waals surface area (Å²) >= 11 is -0.502. The molecule has 0 N–H and O–H groups in total. The number of allylic oxidation sites excluding steroid dienone is 3. The Bertz CT molecular complexity index is 199. The fraction of sp³-hybridized carbons (Fsp3) is 0.636. The van der Waals surface area contributed by atoms with Crippen molar-refractivity contribution in [1.82, 2.24) is 0 Å². The van der Waals surface area contributed by atoms with E-state index in [2.05, 4.69) is 29.5 Å². The van der Waals surface area contributed by atoms with Gasteiger partial charge in [-0.2, -0.15) is 0 Å². The average molecular weight is 178 g/mol. The molecule has 0 fully saturated rings. The van der Waals surface area contributed by atoms with E-state index in [0.717, 1.165) is 0 Å². The van der Waals surface area contributed by atoms with E-state index in [-0.39, 0.29) is 0 Å². The summed E-state index contributed by atoms with van der Waals surface area (Å²) in [6.45, 7) is 2.28. The SMILES string of the molecule is C/C(=[CH]\[Al]([CH3])[CH3])C1=CCCCC1. The summed E-state index contributed by atoms with van der Waals surface area (Å²) in [5.74, 6) is 4.76. The van der Waals surface area contributed by atoms with Crippen LogP contribution in [0, 0.1) is 0 Å². The van der Waals surface area contributed by atoms with Gasteiger partial charge in [-0.3, -0.25) is 0 Å². The highest BCUT2D eigenvalue weighted by Gasteiger charge is 2.06. The highest BCUT2D eigenvalue weighted by atomic mass is 27.2. The first-order valence-corrected chi connectivity index (χ1v) is 8.05. The molecule has 0 heterocycles. The summed E-state index contributed by atoms with van der Waals surface area (Å²) in [4.78, 5) is 2.51. The zero-order valence-electron chi connectivity index (χ0n) is 8.56. The van der Waals surface area contributed by atoms with Gasteiger partial charge in [0.05, 0.1) is 0 Å². The maximum atomic E-state index is 2.51. The minimum Gasteiger partial charge on any atom is -0.142 e. The fourth-order valence-electron chi connectivity index (χ4n) is 1.80. The Morgan fingerprint density at radius 2 is 2.17 bits per heavy atom. The Hall–Kier alpha value is 0.0125. The smallest absolute Gasteiger partial charge is 0.142 e. The van der Waals surface area contributed by atoms with Crippen LogP contribution in [0.3, 0.4) is 0 Å². The van der Waals surface area contributed by atoms with E-state index in [1.165, 1.54) is 25.7 Å². The molecule has 0 atom stereocenters. The zero-order valence-corrected chi connectivity index (χ0v) is 9.72. The Kier molecular flexibility index (Phi) is 4.12. The monoisotopic (exact) mass is 178 g/mol. The standard InChI is InChI=1S/C9H13.2CH3.Al/c1-8(2)9-6-4-3-5-7-9;;;/h1,6H,3-5,7H2,2H3;2*1H3;. The van der Waals surface area contributed by atoms with Gasteiger partial charge in [0, 0.05) is 0 Å². The van der Waals surface area contributed by atoms with E-state index >= 15 is 0 Å². The summed E-state index contributed by atoms with van der Waals surface area (Å²) < 4.78 is 0. The lowest BCUT2D eigenvalue weighted by Gasteiger charge is -2.13. The summed E-state index contributed by atoms with van der Waals surface area (Å²) in [6.07, 6.45) is 7.86. The minimum atomic E-state index is -0.502. The Morgan fingerprint density at radius 3 is 2.67 bits per heavy atom. The first-order chi connectivity index (χ1) is 5.70. The minimum absolute atomic E-state index is 0.502. The van der Waals surface area contributed by atoms with Gasteiger partial charge in [-0.15, -0.1) is 16.5 Å². The van der Waals surface area contributed by atoms with Crippen LogP contribution in [-0.4, -0.2) is 14.1 Å². The van der Waals surface area contributed by atoms with Crippen molar-refractivity contribution >= 4 is 14.1 Å². The number of hydrogen-bond donors (Lipinski definition) is 0. The normalized spacial score (nSPS) is 18.9. The van der Waals surface area contributed by atoms with Crippen molar-refractivity contribution in [2.45, 2.75) is 44.2 Å². The predicted molar refractivity (Wildman–Crippen MR) is 57.8 cm³/mol. The van der Waals surface area contributed by atoms with Crippen LogP contribution >= 0.6 is 0 Å². The third kappa shape index (κ3) is 3.17. The van der Waals surface area contributed by atoms with Crippen LogP contribution in [0.15, 0.2) is 22.2 Å². The van der Waals surface area contributed by atoms with E-state index < -0.39 is 14.1 Å². The van der Waals surface area contributed by atoms with Crippen molar-refractivity contribution in [1.29, 1.82) is 0 Å². The van der Waals surface area contributed by atoms with E-state index in [1.54, 1.807) is 11.1 Å². The van der Waals surface area contributed by atoms with Gasteiger partial charge < -0.3 is 0 Å². The molecule has 0 amide bonds. The van der Waals surface area contributed by atoms with Crippen LogP contribution in [0.2, 0.25) is 11.6 Å². The molecular formula is C11H19Al. The van der Waals surface area contributed by atoms with Crippen molar-refractivity contribution in [3.63, 3.8) is 0 Å². The van der Waals surface area contributed by atoms with Crippen LogP contribution in [-0.2, 0) is 0 Å². The van der Waals surface area contributed by atoms with Gasteiger partial charge in [-0.1, -0.05) is 17.2 Å². The quantitative estimate of drug-likeness (QED) is 0.565. The third-order valence-corrected chi connectivity index (χ3v) is 3.55. The maximum absolute atomic E-state index is 2.51. The highest BCUT2D eigenvalue weighted by molar-refractivity contribution is 6.61. The van der Waals surface area contributed by atoms with Crippen molar-refractivity contribution in [3.8, 4) is 0 Å². The van der Waals surface area contributed by atoms with Crippen LogP contribution in [0.1, 0.15) is 32.6 Å². The third-order valence-electron chi connectivity index (χ3n) is 2.38. The lowest BCUT2D eigenvalue weighted by atomic mass is 9.95. The van der Waals surface area contributed by atoms with Crippen LogP contribution in [0.4, 0.5) is 0 Å². The first-order valence-electron chi connectivity index (χ1n) is 5.08. The van der Waals surface area contributed by atoms with Gasteiger partial charge >= 0.3 is 0 Å². The van der Waals surface area contributed by atoms with Gasteiger partial charge in [0.2, 0.25) is 0 Å². The van der Waals surface area contributed by atoms with Gasteiger partial charge in [-0.05, 0) is 32.6 Å². The molecule has 12 heavy (non-hydrogen) atoms. The molecule has 0 aromatic heterocycles. The molecule has 0 aromatic carbocycles. The maximum Gasteiger partial charge on any atom is 0.288 e. The Morgan fingerprint density at radius 1 is 1.42 bits per heavy atom. The highest BCUT2D eigenvalue weighted by Crippen LogP contribution is 2.23. The Balaban J connectivity index is 2.62. The van der Waals surface area contributed by atoms with Crippen LogP contribution in [0.5, 0.6) is 0 Å². The molecular weight excluding hydrogens is 159 g/mol. The molecule has 0 spiro atoms. The second-order valence-electron chi connectivity index (χ2n) is 4.07. The number of hydrogen-bond acceptors (Lipinski definition) is 0. The molecule has 1 aliphatic rings. The van der Waals surface area contributed by atoms with Gasteiger partial charge in [0.1, 0.15) is 0 Å². The summed E-state index contributed by atoms with van der Waals surface area (Å²) in [6, 6.07) is 0. The summed E-state index contributed by atoms with van der Waals surface area (Å²) in [5.41, 5.74) is 3.19. The molecule has 66 valence electrons. The molecule has 0 unspecified atom stereocenters. The Labute approximate surface area is 80.8 Å². The molecule has 0 aliphatic heterocycles. The topological polar surface area (TPSA) is 0 Å². The molecule has 0 bridgehead atoms. The molecule has 0 saturated heterocycles. The summed E-state index contributed by atoms with van der Waals surface area (Å²) in [5, 5.41) is 0. The summed E-state index contributed by atoms with van der Waals surface area (Å²) in [7, 11) is 0. The molecule has 1 rings (SSSR count). The fourth-order valence-corrected chi connectivity index (χ4v) is 3.02. The second-order valence-corrected chi connectivity index (χ2v) is 6.89. The second kappa shape index (κ2) is 4.90. The molecule has 1 heteroatoms. The van der Waals surface area contributed by atoms with Gasteiger partial charge in [-0.25, -0.2) is 0 Å². The van der Waals surface area contributed by atoms with Gasteiger partial charge in [0.25, 0.3) is 14.1 Å². The van der Waals surface area contributed by atoms with E-state index in [0.29, 0.717) is 0 Å². The predicted octanol–water partition coefficient (Wildman–Crippen LogP) is 3.73. The van der Waals surface area contributed by atoms with Crippen molar-refractivity contribution in [3.05, 3.63) is 22.2 Å². The molecule has 0 saturated carbocycles. The molecule has 0 nitrogen and oxygen atoms in total. The number of rotatable bonds is 2. The molecule has 0 radical (unpaired) electrons.